The third-order valence-electron chi connectivity index (χ3n) is 5.38. The number of likely N-dealkylation sites (tertiary alicyclic amines) is 1. The molecule has 1 saturated carbocycles. The molecule has 2 aliphatic rings. The largest absolute Gasteiger partial charge is 0.461 e. The molecule has 1 saturated heterocycles. The van der Waals surface area contributed by atoms with E-state index in [-0.39, 0.29) is 12.1 Å². The molecular formula is C21H30ClNO2S. The van der Waals surface area contributed by atoms with Gasteiger partial charge >= 0.3 is 5.97 Å². The van der Waals surface area contributed by atoms with Crippen LogP contribution in [0, 0.1) is 0 Å². The molecule has 0 unspecified atom stereocenters. The molecule has 0 N–H and O–H groups in total. The van der Waals surface area contributed by atoms with Crippen LogP contribution in [-0.2, 0) is 15.3 Å². The van der Waals surface area contributed by atoms with Gasteiger partial charge in [0.1, 0.15) is 6.10 Å². The van der Waals surface area contributed by atoms with E-state index in [1.807, 2.05) is 23.9 Å². The van der Waals surface area contributed by atoms with Gasteiger partial charge in [0, 0.05) is 22.6 Å². The summed E-state index contributed by atoms with van der Waals surface area (Å²) in [4.78, 5) is 14.7. The van der Waals surface area contributed by atoms with Gasteiger partial charge in [-0.05, 0) is 62.9 Å². The Labute approximate surface area is 166 Å². The lowest BCUT2D eigenvalue weighted by Gasteiger charge is -2.31. The first-order valence-electron chi connectivity index (χ1n) is 9.98. The van der Waals surface area contributed by atoms with Crippen molar-refractivity contribution < 1.29 is 9.53 Å². The molecule has 0 amide bonds. The lowest BCUT2D eigenvalue weighted by molar-refractivity contribution is -0.150. The number of halogens is 1. The molecule has 0 aromatic heterocycles. The Hall–Kier alpha value is -0.710. The zero-order valence-electron chi connectivity index (χ0n) is 15.5. The van der Waals surface area contributed by atoms with Crippen molar-refractivity contribution in [3.63, 3.8) is 0 Å². The number of piperidine rings is 1. The molecule has 0 radical (unpaired) electrons. The van der Waals surface area contributed by atoms with E-state index < -0.39 is 0 Å². The molecule has 0 spiro atoms. The van der Waals surface area contributed by atoms with Gasteiger partial charge in [-0.1, -0.05) is 36.6 Å². The van der Waals surface area contributed by atoms with Crippen molar-refractivity contribution in [2.75, 3.05) is 19.6 Å². The third-order valence-corrected chi connectivity index (χ3v) is 7.10. The molecule has 2 atom stereocenters. The molecule has 2 fully saturated rings. The highest BCUT2D eigenvalue weighted by atomic mass is 35.5. The highest BCUT2D eigenvalue weighted by Crippen LogP contribution is 2.33. The van der Waals surface area contributed by atoms with E-state index in [9.17, 15) is 4.79 Å². The van der Waals surface area contributed by atoms with Crippen molar-refractivity contribution in [1.29, 1.82) is 0 Å². The van der Waals surface area contributed by atoms with Crippen LogP contribution >= 0.6 is 23.4 Å². The summed E-state index contributed by atoms with van der Waals surface area (Å²) in [6.07, 6.45) is 9.02. The number of hydrogen-bond donors (Lipinski definition) is 0. The average molecular weight is 396 g/mol. The minimum atomic E-state index is -0.0143. The van der Waals surface area contributed by atoms with Gasteiger partial charge in [0.05, 0.1) is 6.42 Å². The van der Waals surface area contributed by atoms with Crippen LogP contribution in [-0.4, -0.2) is 41.9 Å². The van der Waals surface area contributed by atoms with E-state index in [0.717, 1.165) is 43.3 Å². The first-order valence-corrected chi connectivity index (χ1v) is 11.4. The van der Waals surface area contributed by atoms with E-state index in [4.69, 9.17) is 16.3 Å². The molecule has 1 heterocycles. The zero-order valence-corrected chi connectivity index (χ0v) is 17.1. The SMILES string of the molecule is O=C(CCN1CCCCC1)O[C@@H]1CCCC[C@H]1SCc1ccc(Cl)cc1. The number of carbonyl (C=O) groups excluding carboxylic acids is 1. The molecule has 1 aromatic rings. The van der Waals surface area contributed by atoms with Crippen LogP contribution in [0.1, 0.15) is 56.9 Å². The Balaban J connectivity index is 1.43. The van der Waals surface area contributed by atoms with Crippen LogP contribution in [0.5, 0.6) is 0 Å². The second-order valence-electron chi connectivity index (χ2n) is 7.44. The second kappa shape index (κ2) is 10.6. The minimum absolute atomic E-state index is 0.0143. The Morgan fingerprint density at radius 1 is 1.08 bits per heavy atom. The van der Waals surface area contributed by atoms with Gasteiger partial charge in [-0.25, -0.2) is 0 Å². The Bertz CT molecular complexity index is 560. The van der Waals surface area contributed by atoms with Crippen LogP contribution in [0.4, 0.5) is 0 Å². The van der Waals surface area contributed by atoms with Gasteiger partial charge < -0.3 is 9.64 Å². The first kappa shape index (κ1) is 20.0. The smallest absolute Gasteiger partial charge is 0.307 e. The summed E-state index contributed by atoms with van der Waals surface area (Å²) in [5, 5.41) is 1.19. The molecule has 5 heteroatoms. The number of esters is 1. The van der Waals surface area contributed by atoms with E-state index in [2.05, 4.69) is 17.0 Å². The Morgan fingerprint density at radius 2 is 1.81 bits per heavy atom. The highest BCUT2D eigenvalue weighted by molar-refractivity contribution is 7.99. The number of rotatable bonds is 7. The summed E-state index contributed by atoms with van der Waals surface area (Å²) in [5.74, 6) is 0.934. The molecule has 3 rings (SSSR count). The summed E-state index contributed by atoms with van der Waals surface area (Å²) >= 11 is 7.88. The average Bonchev–Trinajstić information content (AvgIpc) is 2.68. The van der Waals surface area contributed by atoms with E-state index in [1.54, 1.807) is 0 Å². The second-order valence-corrected chi connectivity index (χ2v) is 9.10. The minimum Gasteiger partial charge on any atom is -0.461 e. The predicted octanol–water partition coefficient (Wildman–Crippen LogP) is 5.30. The molecule has 1 aliphatic carbocycles. The molecule has 3 nitrogen and oxygen atoms in total. The highest BCUT2D eigenvalue weighted by Gasteiger charge is 2.28. The summed E-state index contributed by atoms with van der Waals surface area (Å²) < 4.78 is 5.90. The van der Waals surface area contributed by atoms with Gasteiger partial charge in [0.25, 0.3) is 0 Å². The van der Waals surface area contributed by atoms with Crippen molar-refractivity contribution >= 4 is 29.3 Å². The monoisotopic (exact) mass is 395 g/mol. The lowest BCUT2D eigenvalue weighted by Crippen LogP contribution is -2.35. The van der Waals surface area contributed by atoms with Crippen LogP contribution in [0.25, 0.3) is 0 Å². The van der Waals surface area contributed by atoms with Gasteiger partial charge in [0.15, 0.2) is 0 Å². The van der Waals surface area contributed by atoms with Crippen molar-refractivity contribution in [2.24, 2.45) is 0 Å². The number of carbonyl (C=O) groups is 1. The molecule has 26 heavy (non-hydrogen) atoms. The van der Waals surface area contributed by atoms with Gasteiger partial charge in [-0.3, -0.25) is 4.79 Å². The zero-order chi connectivity index (χ0) is 18.2. The van der Waals surface area contributed by atoms with Gasteiger partial charge in [-0.2, -0.15) is 0 Å². The predicted molar refractivity (Wildman–Crippen MR) is 110 cm³/mol. The van der Waals surface area contributed by atoms with E-state index >= 15 is 0 Å². The maximum Gasteiger partial charge on any atom is 0.307 e. The fraction of sp³-hybridized carbons (Fsp3) is 0.667. The quantitative estimate of drug-likeness (QED) is 0.585. The van der Waals surface area contributed by atoms with Gasteiger partial charge in [-0.15, -0.1) is 11.8 Å². The summed E-state index contributed by atoms with van der Waals surface area (Å²) in [5.41, 5.74) is 1.28. The normalized spacial score (nSPS) is 24.3. The fourth-order valence-corrected chi connectivity index (χ4v) is 5.30. The fourth-order valence-electron chi connectivity index (χ4n) is 3.83. The molecular weight excluding hydrogens is 366 g/mol. The number of benzene rings is 1. The van der Waals surface area contributed by atoms with Crippen LogP contribution < -0.4 is 0 Å². The standard InChI is InChI=1S/C21H30ClNO2S/c22-18-10-8-17(9-11-18)16-26-20-7-3-2-6-19(20)25-21(24)12-15-23-13-4-1-5-14-23/h8-11,19-20H,1-7,12-16H2/t19-,20-/m1/s1. The van der Waals surface area contributed by atoms with Crippen LogP contribution in [0.2, 0.25) is 5.02 Å². The molecule has 144 valence electrons. The Kier molecular flexibility index (Phi) is 8.15. The maximum atomic E-state index is 12.3. The number of ether oxygens (including phenoxy) is 1. The summed E-state index contributed by atoms with van der Waals surface area (Å²) in [6, 6.07) is 8.04. The van der Waals surface area contributed by atoms with Crippen molar-refractivity contribution in [3.8, 4) is 0 Å². The topological polar surface area (TPSA) is 29.5 Å². The Morgan fingerprint density at radius 3 is 2.58 bits per heavy atom. The lowest BCUT2D eigenvalue weighted by atomic mass is 9.97. The third kappa shape index (κ3) is 6.47. The first-order chi connectivity index (χ1) is 12.7. The van der Waals surface area contributed by atoms with Crippen molar-refractivity contribution in [3.05, 3.63) is 34.9 Å². The van der Waals surface area contributed by atoms with Crippen LogP contribution in [0.15, 0.2) is 24.3 Å². The number of thioether (sulfide) groups is 1. The summed E-state index contributed by atoms with van der Waals surface area (Å²) in [7, 11) is 0. The van der Waals surface area contributed by atoms with E-state index in [0.29, 0.717) is 11.7 Å². The van der Waals surface area contributed by atoms with Crippen molar-refractivity contribution in [1.82, 2.24) is 4.90 Å². The number of nitrogens with zero attached hydrogens (tertiary/aromatic N) is 1. The van der Waals surface area contributed by atoms with Gasteiger partial charge in [0.2, 0.25) is 0 Å². The number of hydrogen-bond acceptors (Lipinski definition) is 4. The van der Waals surface area contributed by atoms with Crippen molar-refractivity contribution in [2.45, 2.75) is 68.5 Å². The molecule has 1 aliphatic heterocycles. The molecule has 0 bridgehead atoms. The molecule has 1 aromatic carbocycles. The van der Waals surface area contributed by atoms with Crippen LogP contribution in [0.3, 0.4) is 0 Å². The summed E-state index contributed by atoms with van der Waals surface area (Å²) in [6.45, 7) is 3.13. The maximum absolute atomic E-state index is 12.3. The van der Waals surface area contributed by atoms with E-state index in [1.165, 1.54) is 37.7 Å².